The summed E-state index contributed by atoms with van der Waals surface area (Å²) in [5.41, 5.74) is 3.70. The van der Waals surface area contributed by atoms with Crippen LogP contribution >= 0.6 is 15.9 Å². The third-order valence-corrected chi connectivity index (χ3v) is 7.45. The van der Waals surface area contributed by atoms with Gasteiger partial charge in [0.05, 0.1) is 11.4 Å². The third-order valence-electron chi connectivity index (χ3n) is 5.11. The highest BCUT2D eigenvalue weighted by Crippen LogP contribution is 2.22. The molecule has 0 radical (unpaired) electrons. The third kappa shape index (κ3) is 6.28. The van der Waals surface area contributed by atoms with Crippen molar-refractivity contribution < 1.29 is 13.2 Å². The quantitative estimate of drug-likeness (QED) is 0.418. The molecule has 0 heterocycles. The fraction of sp³-hybridized carbons (Fsp3) is 0.240. The molecule has 0 aliphatic carbocycles. The number of sulfonamides is 1. The second-order valence-corrected chi connectivity index (χ2v) is 10.9. The minimum Gasteiger partial charge on any atom is -0.325 e. The van der Waals surface area contributed by atoms with Gasteiger partial charge in [-0.15, -0.1) is 0 Å². The second kappa shape index (κ2) is 10.4. The fourth-order valence-corrected chi connectivity index (χ4v) is 4.84. The van der Waals surface area contributed by atoms with E-state index in [0.717, 1.165) is 15.6 Å². The number of amides is 1. The Morgan fingerprint density at radius 2 is 1.53 bits per heavy atom. The summed E-state index contributed by atoms with van der Waals surface area (Å²) >= 11 is 3.33. The monoisotopic (exact) mass is 514 g/mol. The van der Waals surface area contributed by atoms with E-state index in [0.29, 0.717) is 11.6 Å². The van der Waals surface area contributed by atoms with Crippen LogP contribution in [0.3, 0.4) is 0 Å². The SMILES string of the molecule is Cc1ccc(CN(CC(=O)Nc2ccc(C(C)C)cc2)S(=O)(=O)c2ccc(Br)cc2)cc1. The average Bonchev–Trinajstić information content (AvgIpc) is 2.75. The second-order valence-electron chi connectivity index (χ2n) is 8.04. The molecule has 5 nitrogen and oxygen atoms in total. The topological polar surface area (TPSA) is 66.5 Å². The van der Waals surface area contributed by atoms with Crippen molar-refractivity contribution in [3.05, 3.63) is 94.0 Å². The van der Waals surface area contributed by atoms with Crippen LogP contribution in [0.2, 0.25) is 0 Å². The molecule has 3 aromatic carbocycles. The number of hydrogen-bond donors (Lipinski definition) is 1. The predicted octanol–water partition coefficient (Wildman–Crippen LogP) is 5.71. The van der Waals surface area contributed by atoms with E-state index in [9.17, 15) is 13.2 Å². The van der Waals surface area contributed by atoms with Crippen molar-refractivity contribution in [2.24, 2.45) is 0 Å². The molecule has 0 aromatic heterocycles. The number of nitrogens with one attached hydrogen (secondary N) is 1. The van der Waals surface area contributed by atoms with E-state index in [-0.39, 0.29) is 18.0 Å². The van der Waals surface area contributed by atoms with Crippen LogP contribution in [0.1, 0.15) is 36.5 Å². The smallest absolute Gasteiger partial charge is 0.243 e. The molecule has 32 heavy (non-hydrogen) atoms. The maximum Gasteiger partial charge on any atom is 0.243 e. The molecule has 0 saturated heterocycles. The largest absolute Gasteiger partial charge is 0.325 e. The lowest BCUT2D eigenvalue weighted by Gasteiger charge is -2.22. The summed E-state index contributed by atoms with van der Waals surface area (Å²) < 4.78 is 28.7. The molecule has 1 amide bonds. The maximum atomic E-state index is 13.4. The summed E-state index contributed by atoms with van der Waals surface area (Å²) in [4.78, 5) is 12.9. The van der Waals surface area contributed by atoms with Gasteiger partial charge in [0, 0.05) is 16.7 Å². The van der Waals surface area contributed by atoms with Gasteiger partial charge in [0.1, 0.15) is 0 Å². The Balaban J connectivity index is 1.83. The first kappa shape index (κ1) is 24.2. The minimum atomic E-state index is -3.88. The lowest BCUT2D eigenvalue weighted by atomic mass is 10.0. The van der Waals surface area contributed by atoms with Crippen LogP contribution in [0.5, 0.6) is 0 Å². The number of aryl methyl sites for hydroxylation is 1. The van der Waals surface area contributed by atoms with Crippen LogP contribution < -0.4 is 5.32 Å². The molecule has 0 saturated carbocycles. The number of anilines is 1. The van der Waals surface area contributed by atoms with Crippen LogP contribution in [-0.2, 0) is 21.4 Å². The van der Waals surface area contributed by atoms with Crippen molar-refractivity contribution in [2.45, 2.75) is 38.1 Å². The molecule has 0 fully saturated rings. The highest BCUT2D eigenvalue weighted by atomic mass is 79.9. The number of nitrogens with zero attached hydrogens (tertiary/aromatic N) is 1. The van der Waals surface area contributed by atoms with E-state index in [1.54, 1.807) is 12.1 Å². The molecule has 3 aromatic rings. The molecule has 0 spiro atoms. The van der Waals surface area contributed by atoms with Crippen molar-refractivity contribution in [1.82, 2.24) is 4.31 Å². The van der Waals surface area contributed by atoms with Gasteiger partial charge >= 0.3 is 0 Å². The zero-order chi connectivity index (χ0) is 23.3. The van der Waals surface area contributed by atoms with Crippen molar-refractivity contribution in [2.75, 3.05) is 11.9 Å². The van der Waals surface area contributed by atoms with E-state index in [2.05, 4.69) is 35.1 Å². The van der Waals surface area contributed by atoms with E-state index in [1.165, 1.54) is 22.0 Å². The van der Waals surface area contributed by atoms with Crippen molar-refractivity contribution in [3.8, 4) is 0 Å². The van der Waals surface area contributed by atoms with Gasteiger partial charge in [0.2, 0.25) is 15.9 Å². The van der Waals surface area contributed by atoms with E-state index in [1.807, 2.05) is 55.5 Å². The van der Waals surface area contributed by atoms with Gasteiger partial charge in [-0.3, -0.25) is 4.79 Å². The molecular weight excluding hydrogens is 488 g/mol. The van der Waals surface area contributed by atoms with Gasteiger partial charge in [0.15, 0.2) is 0 Å². The van der Waals surface area contributed by atoms with Gasteiger partial charge < -0.3 is 5.32 Å². The van der Waals surface area contributed by atoms with Crippen LogP contribution in [0.15, 0.2) is 82.2 Å². The van der Waals surface area contributed by atoms with Gasteiger partial charge in [-0.05, 0) is 60.4 Å². The molecule has 168 valence electrons. The van der Waals surface area contributed by atoms with E-state index >= 15 is 0 Å². The number of hydrogen-bond acceptors (Lipinski definition) is 3. The molecule has 7 heteroatoms. The molecular formula is C25H27BrN2O3S. The summed E-state index contributed by atoms with van der Waals surface area (Å²) in [5, 5.41) is 2.81. The molecule has 0 aliphatic rings. The number of carbonyl (C=O) groups is 1. The standard InChI is InChI=1S/C25H27BrN2O3S/c1-18(2)21-8-12-23(13-9-21)27-25(29)17-28(16-20-6-4-19(3)5-7-20)32(30,31)24-14-10-22(26)11-15-24/h4-15,18H,16-17H2,1-3H3,(H,27,29). The number of halogens is 1. The van der Waals surface area contributed by atoms with Crippen LogP contribution in [0, 0.1) is 6.92 Å². The Labute approximate surface area is 198 Å². The van der Waals surface area contributed by atoms with Crippen molar-refractivity contribution in [1.29, 1.82) is 0 Å². The highest BCUT2D eigenvalue weighted by Gasteiger charge is 2.27. The lowest BCUT2D eigenvalue weighted by Crippen LogP contribution is -2.37. The summed E-state index contributed by atoms with van der Waals surface area (Å²) in [5.74, 6) is -0.00380. The maximum absolute atomic E-state index is 13.4. The highest BCUT2D eigenvalue weighted by molar-refractivity contribution is 9.10. The van der Waals surface area contributed by atoms with Crippen molar-refractivity contribution >= 4 is 37.5 Å². The van der Waals surface area contributed by atoms with Gasteiger partial charge in [-0.1, -0.05) is 71.7 Å². The van der Waals surface area contributed by atoms with Gasteiger partial charge in [0.25, 0.3) is 0 Å². The molecule has 0 aliphatic heterocycles. The van der Waals surface area contributed by atoms with Crippen LogP contribution in [-0.4, -0.2) is 25.2 Å². The zero-order valence-corrected chi connectivity index (χ0v) is 20.8. The predicted molar refractivity (Wildman–Crippen MR) is 132 cm³/mol. The van der Waals surface area contributed by atoms with Crippen LogP contribution in [0.25, 0.3) is 0 Å². The zero-order valence-electron chi connectivity index (χ0n) is 18.4. The fourth-order valence-electron chi connectivity index (χ4n) is 3.19. The first-order chi connectivity index (χ1) is 15.1. The lowest BCUT2D eigenvalue weighted by molar-refractivity contribution is -0.116. The first-order valence-corrected chi connectivity index (χ1v) is 12.6. The minimum absolute atomic E-state index is 0.0956. The van der Waals surface area contributed by atoms with Gasteiger partial charge in [-0.25, -0.2) is 8.42 Å². The van der Waals surface area contributed by atoms with Gasteiger partial charge in [-0.2, -0.15) is 4.31 Å². The van der Waals surface area contributed by atoms with Crippen LogP contribution in [0.4, 0.5) is 5.69 Å². The number of carbonyl (C=O) groups excluding carboxylic acids is 1. The summed E-state index contributed by atoms with van der Waals surface area (Å²) in [6, 6.07) is 21.6. The molecule has 1 N–H and O–H groups in total. The first-order valence-electron chi connectivity index (χ1n) is 10.4. The van der Waals surface area contributed by atoms with Crippen molar-refractivity contribution in [3.63, 3.8) is 0 Å². The molecule has 3 rings (SSSR count). The number of benzene rings is 3. The Kier molecular flexibility index (Phi) is 7.87. The molecule has 0 bridgehead atoms. The van der Waals surface area contributed by atoms with E-state index < -0.39 is 15.9 Å². The Bertz CT molecular complexity index is 1160. The van der Waals surface area contributed by atoms with E-state index in [4.69, 9.17) is 0 Å². The number of rotatable bonds is 8. The summed E-state index contributed by atoms with van der Waals surface area (Å²) in [7, 11) is -3.88. The Hall–Kier alpha value is -2.48. The Morgan fingerprint density at radius 3 is 2.09 bits per heavy atom. The Morgan fingerprint density at radius 1 is 0.938 bits per heavy atom. The normalized spacial score (nSPS) is 11.7. The molecule has 0 atom stereocenters. The summed E-state index contributed by atoms with van der Waals surface area (Å²) in [6.45, 7) is 5.97. The molecule has 0 unspecified atom stereocenters. The average molecular weight is 515 g/mol. The summed E-state index contributed by atoms with van der Waals surface area (Å²) in [6.07, 6.45) is 0.